The fourth-order valence-electron chi connectivity index (χ4n) is 0.866. The Labute approximate surface area is 81.5 Å². The van der Waals surface area contributed by atoms with Gasteiger partial charge in [0, 0.05) is 5.02 Å². The van der Waals surface area contributed by atoms with Crippen LogP contribution in [0.5, 0.6) is 5.75 Å². The van der Waals surface area contributed by atoms with Crippen molar-refractivity contribution in [3.05, 3.63) is 34.9 Å². The molecule has 0 saturated carbocycles. The van der Waals surface area contributed by atoms with E-state index in [0.29, 0.717) is 10.6 Å². The molecule has 0 aliphatic rings. The summed E-state index contributed by atoms with van der Waals surface area (Å²) in [6.07, 6.45) is 2.98. The molecule has 0 aromatic heterocycles. The molecular formula is C10H9ClO2. The van der Waals surface area contributed by atoms with E-state index in [9.17, 15) is 4.79 Å². The van der Waals surface area contributed by atoms with Crippen LogP contribution in [0.15, 0.2) is 24.3 Å². The summed E-state index contributed by atoms with van der Waals surface area (Å²) >= 11 is 5.81. The van der Waals surface area contributed by atoms with Crippen molar-refractivity contribution in [3.8, 4) is 5.75 Å². The van der Waals surface area contributed by atoms with Crippen LogP contribution in [-0.4, -0.2) is 10.9 Å². The van der Waals surface area contributed by atoms with Crippen LogP contribution in [0.25, 0.3) is 6.08 Å². The number of hydrogen-bond donors (Lipinski definition) is 1. The molecule has 0 bridgehead atoms. The number of hydrogen-bond acceptors (Lipinski definition) is 2. The summed E-state index contributed by atoms with van der Waals surface area (Å²) in [6.45, 7) is 1.45. The van der Waals surface area contributed by atoms with Gasteiger partial charge in [-0.3, -0.25) is 4.79 Å². The van der Waals surface area contributed by atoms with Crippen molar-refractivity contribution in [1.29, 1.82) is 0 Å². The molecule has 0 saturated heterocycles. The fourth-order valence-corrected chi connectivity index (χ4v) is 1.05. The summed E-state index contributed by atoms with van der Waals surface area (Å²) < 4.78 is 0. The highest BCUT2D eigenvalue weighted by Gasteiger charge is 1.97. The van der Waals surface area contributed by atoms with Crippen molar-refractivity contribution in [2.24, 2.45) is 0 Å². The number of benzene rings is 1. The maximum Gasteiger partial charge on any atom is 0.152 e. The van der Waals surface area contributed by atoms with Gasteiger partial charge in [0.1, 0.15) is 5.75 Å². The minimum atomic E-state index is -0.0561. The number of halogens is 1. The SMILES string of the molecule is CC(=O)/C=C/c1cc(O)ccc1Cl. The van der Waals surface area contributed by atoms with Crippen LogP contribution >= 0.6 is 11.6 Å². The molecule has 0 unspecified atom stereocenters. The molecule has 68 valence electrons. The summed E-state index contributed by atoms with van der Waals surface area (Å²) in [5.41, 5.74) is 0.636. The van der Waals surface area contributed by atoms with Crippen molar-refractivity contribution >= 4 is 23.5 Å². The third-order valence-electron chi connectivity index (χ3n) is 1.48. The molecule has 1 aromatic rings. The topological polar surface area (TPSA) is 37.3 Å². The Hall–Kier alpha value is -1.28. The van der Waals surface area contributed by atoms with Crippen LogP contribution in [0.4, 0.5) is 0 Å². The zero-order valence-corrected chi connectivity index (χ0v) is 7.88. The number of carbonyl (C=O) groups excluding carboxylic acids is 1. The van der Waals surface area contributed by atoms with Gasteiger partial charge in [-0.05, 0) is 42.8 Å². The van der Waals surface area contributed by atoms with Gasteiger partial charge >= 0.3 is 0 Å². The first-order chi connectivity index (χ1) is 6.09. The van der Waals surface area contributed by atoms with E-state index >= 15 is 0 Å². The van der Waals surface area contributed by atoms with Crippen LogP contribution in [0, 0.1) is 0 Å². The molecule has 0 atom stereocenters. The lowest BCUT2D eigenvalue weighted by Crippen LogP contribution is -1.81. The minimum Gasteiger partial charge on any atom is -0.508 e. The predicted octanol–water partition coefficient (Wildman–Crippen LogP) is 2.65. The highest BCUT2D eigenvalue weighted by Crippen LogP contribution is 2.22. The van der Waals surface area contributed by atoms with Crippen LogP contribution in [0.2, 0.25) is 5.02 Å². The Bertz CT molecular complexity index is 356. The first-order valence-electron chi connectivity index (χ1n) is 3.77. The molecule has 0 aliphatic carbocycles. The maximum absolute atomic E-state index is 10.6. The van der Waals surface area contributed by atoms with Gasteiger partial charge in [-0.25, -0.2) is 0 Å². The molecule has 0 spiro atoms. The molecule has 0 fully saturated rings. The van der Waals surface area contributed by atoms with Crippen molar-refractivity contribution in [2.75, 3.05) is 0 Å². The van der Waals surface area contributed by atoms with Gasteiger partial charge in [0.2, 0.25) is 0 Å². The zero-order chi connectivity index (χ0) is 9.84. The quantitative estimate of drug-likeness (QED) is 0.739. The summed E-state index contributed by atoms with van der Waals surface area (Å²) in [7, 11) is 0. The smallest absolute Gasteiger partial charge is 0.152 e. The number of phenols is 1. The molecule has 0 aliphatic heterocycles. The molecule has 0 heterocycles. The van der Waals surface area contributed by atoms with E-state index in [1.165, 1.54) is 25.1 Å². The molecule has 1 N–H and O–H groups in total. The van der Waals surface area contributed by atoms with Crippen LogP contribution in [0.1, 0.15) is 12.5 Å². The molecule has 13 heavy (non-hydrogen) atoms. The van der Waals surface area contributed by atoms with Gasteiger partial charge in [-0.15, -0.1) is 0 Å². The summed E-state index contributed by atoms with van der Waals surface area (Å²) in [6, 6.07) is 4.58. The third-order valence-corrected chi connectivity index (χ3v) is 1.82. The lowest BCUT2D eigenvalue weighted by molar-refractivity contribution is -0.112. The third kappa shape index (κ3) is 2.92. The van der Waals surface area contributed by atoms with E-state index in [1.54, 1.807) is 12.1 Å². The summed E-state index contributed by atoms with van der Waals surface area (Å²) in [4.78, 5) is 10.6. The van der Waals surface area contributed by atoms with E-state index in [-0.39, 0.29) is 11.5 Å². The summed E-state index contributed by atoms with van der Waals surface area (Å²) in [5, 5.41) is 9.63. The van der Waals surface area contributed by atoms with E-state index in [1.807, 2.05) is 0 Å². The molecule has 0 amide bonds. The van der Waals surface area contributed by atoms with Crippen molar-refractivity contribution in [3.63, 3.8) is 0 Å². The van der Waals surface area contributed by atoms with E-state index in [2.05, 4.69) is 0 Å². The maximum atomic E-state index is 10.6. The standard InChI is InChI=1S/C10H9ClO2/c1-7(12)2-3-8-6-9(13)4-5-10(8)11/h2-6,13H,1H3/b3-2+. The second kappa shape index (κ2) is 4.10. The molecule has 0 radical (unpaired) electrons. The molecule has 1 aromatic carbocycles. The number of allylic oxidation sites excluding steroid dienone is 1. The number of carbonyl (C=O) groups is 1. The molecular weight excluding hydrogens is 188 g/mol. The molecule has 3 heteroatoms. The Kier molecular flexibility index (Phi) is 3.09. The Morgan fingerprint density at radius 2 is 2.23 bits per heavy atom. The van der Waals surface area contributed by atoms with Crippen molar-refractivity contribution < 1.29 is 9.90 Å². The Morgan fingerprint density at radius 3 is 2.85 bits per heavy atom. The fraction of sp³-hybridized carbons (Fsp3) is 0.100. The second-order valence-corrected chi connectivity index (χ2v) is 3.06. The summed E-state index contributed by atoms with van der Waals surface area (Å²) in [5.74, 6) is 0.0759. The average Bonchev–Trinajstić information content (AvgIpc) is 2.06. The van der Waals surface area contributed by atoms with E-state index in [0.717, 1.165) is 0 Å². The molecule has 2 nitrogen and oxygen atoms in total. The zero-order valence-electron chi connectivity index (χ0n) is 7.12. The average molecular weight is 197 g/mol. The number of rotatable bonds is 2. The number of ketones is 1. The minimum absolute atomic E-state index is 0.0561. The van der Waals surface area contributed by atoms with Gasteiger partial charge < -0.3 is 5.11 Å². The van der Waals surface area contributed by atoms with Crippen LogP contribution in [-0.2, 0) is 4.79 Å². The number of aromatic hydroxyl groups is 1. The molecule has 1 rings (SSSR count). The Morgan fingerprint density at radius 1 is 1.54 bits per heavy atom. The van der Waals surface area contributed by atoms with E-state index in [4.69, 9.17) is 16.7 Å². The monoisotopic (exact) mass is 196 g/mol. The van der Waals surface area contributed by atoms with E-state index < -0.39 is 0 Å². The second-order valence-electron chi connectivity index (χ2n) is 2.65. The van der Waals surface area contributed by atoms with Crippen LogP contribution < -0.4 is 0 Å². The first-order valence-corrected chi connectivity index (χ1v) is 4.14. The van der Waals surface area contributed by atoms with Gasteiger partial charge in [0.25, 0.3) is 0 Å². The lowest BCUT2D eigenvalue weighted by Gasteiger charge is -1.97. The predicted molar refractivity (Wildman–Crippen MR) is 52.8 cm³/mol. The normalized spacial score (nSPS) is 10.6. The van der Waals surface area contributed by atoms with Gasteiger partial charge in [-0.2, -0.15) is 0 Å². The largest absolute Gasteiger partial charge is 0.508 e. The van der Waals surface area contributed by atoms with Crippen molar-refractivity contribution in [2.45, 2.75) is 6.92 Å². The highest BCUT2D eigenvalue weighted by atomic mass is 35.5. The number of phenolic OH excluding ortho intramolecular Hbond substituents is 1. The van der Waals surface area contributed by atoms with Gasteiger partial charge in [0.05, 0.1) is 0 Å². The van der Waals surface area contributed by atoms with Gasteiger partial charge in [-0.1, -0.05) is 11.6 Å². The Balaban J connectivity index is 3.00. The first kappa shape index (κ1) is 9.81. The lowest BCUT2D eigenvalue weighted by atomic mass is 10.2. The highest BCUT2D eigenvalue weighted by molar-refractivity contribution is 6.32. The van der Waals surface area contributed by atoms with Crippen LogP contribution in [0.3, 0.4) is 0 Å². The van der Waals surface area contributed by atoms with Gasteiger partial charge in [0.15, 0.2) is 5.78 Å². The van der Waals surface area contributed by atoms with Crippen molar-refractivity contribution in [1.82, 2.24) is 0 Å².